The number of hydrogen-bond acceptors (Lipinski definition) is 3. The Labute approximate surface area is 103 Å². The summed E-state index contributed by atoms with van der Waals surface area (Å²) in [5, 5.41) is 10.3. The number of aliphatic hydroxyl groups is 1. The number of amides is 1. The Morgan fingerprint density at radius 2 is 2.06 bits per heavy atom. The van der Waals surface area contributed by atoms with E-state index in [2.05, 4.69) is 0 Å². The molecule has 0 unspecified atom stereocenters. The molecule has 0 atom stereocenters. The van der Waals surface area contributed by atoms with E-state index < -0.39 is 5.60 Å². The Balaban J connectivity index is 1.78. The lowest BCUT2D eigenvalue weighted by Crippen LogP contribution is -2.47. The Morgan fingerprint density at radius 1 is 1.41 bits per heavy atom. The molecule has 2 rings (SSSR count). The van der Waals surface area contributed by atoms with Gasteiger partial charge in [0.1, 0.15) is 0 Å². The van der Waals surface area contributed by atoms with Gasteiger partial charge in [0.05, 0.1) is 5.60 Å². The summed E-state index contributed by atoms with van der Waals surface area (Å²) in [7, 11) is 1.80. The Kier molecular flexibility index (Phi) is 4.05. The van der Waals surface area contributed by atoms with E-state index in [9.17, 15) is 9.90 Å². The van der Waals surface area contributed by atoms with E-state index >= 15 is 0 Å². The number of nitrogens with zero attached hydrogens (tertiary/aromatic N) is 1. The third-order valence-electron chi connectivity index (χ3n) is 4.07. The predicted octanol–water partition coefficient (Wildman–Crippen LogP) is 1.18. The van der Waals surface area contributed by atoms with Crippen molar-refractivity contribution in [3.8, 4) is 0 Å². The highest BCUT2D eigenvalue weighted by Crippen LogP contribution is 2.30. The Hall–Kier alpha value is -0.610. The SMILES string of the molecule is CN(CC1(O)CCOCC1)C(=O)CC1CCC1. The maximum atomic E-state index is 11.9. The van der Waals surface area contributed by atoms with E-state index in [1.54, 1.807) is 11.9 Å². The average molecular weight is 241 g/mol. The lowest BCUT2D eigenvalue weighted by atomic mass is 9.82. The van der Waals surface area contributed by atoms with Gasteiger partial charge in [0, 0.05) is 46.1 Å². The van der Waals surface area contributed by atoms with Crippen molar-refractivity contribution < 1.29 is 14.6 Å². The molecule has 2 aliphatic rings. The third kappa shape index (κ3) is 3.42. The molecule has 98 valence electrons. The molecule has 0 radical (unpaired) electrons. The van der Waals surface area contributed by atoms with Gasteiger partial charge in [-0.05, 0) is 18.8 Å². The van der Waals surface area contributed by atoms with Gasteiger partial charge in [-0.25, -0.2) is 0 Å². The van der Waals surface area contributed by atoms with Crippen LogP contribution in [-0.2, 0) is 9.53 Å². The molecule has 0 aromatic heterocycles. The molecule has 1 heterocycles. The van der Waals surface area contributed by atoms with Gasteiger partial charge in [-0.15, -0.1) is 0 Å². The summed E-state index contributed by atoms with van der Waals surface area (Å²) in [6.45, 7) is 1.64. The minimum atomic E-state index is -0.734. The first kappa shape index (κ1) is 12.8. The second-order valence-corrected chi connectivity index (χ2v) is 5.59. The molecule has 0 aromatic rings. The maximum absolute atomic E-state index is 11.9. The van der Waals surface area contributed by atoms with Crippen LogP contribution < -0.4 is 0 Å². The van der Waals surface area contributed by atoms with E-state index in [1.807, 2.05) is 0 Å². The van der Waals surface area contributed by atoms with Crippen LogP contribution in [0.2, 0.25) is 0 Å². The first-order valence-electron chi connectivity index (χ1n) is 6.63. The van der Waals surface area contributed by atoms with Crippen molar-refractivity contribution in [2.45, 2.75) is 44.1 Å². The predicted molar refractivity (Wildman–Crippen MR) is 64.6 cm³/mol. The van der Waals surface area contributed by atoms with Gasteiger partial charge >= 0.3 is 0 Å². The maximum Gasteiger partial charge on any atom is 0.222 e. The average Bonchev–Trinajstić information content (AvgIpc) is 2.23. The fourth-order valence-corrected chi connectivity index (χ4v) is 2.54. The van der Waals surface area contributed by atoms with Crippen molar-refractivity contribution in [2.24, 2.45) is 5.92 Å². The highest BCUT2D eigenvalue weighted by Gasteiger charge is 2.33. The number of ether oxygens (including phenoxy) is 1. The summed E-state index contributed by atoms with van der Waals surface area (Å²) in [5.74, 6) is 0.767. The minimum absolute atomic E-state index is 0.176. The second-order valence-electron chi connectivity index (χ2n) is 5.59. The zero-order valence-electron chi connectivity index (χ0n) is 10.7. The molecule has 17 heavy (non-hydrogen) atoms. The molecule has 1 amide bonds. The van der Waals surface area contributed by atoms with Crippen molar-refractivity contribution in [3.05, 3.63) is 0 Å². The fraction of sp³-hybridized carbons (Fsp3) is 0.923. The number of carbonyl (C=O) groups excluding carboxylic acids is 1. The summed E-state index contributed by atoms with van der Waals surface area (Å²) in [6.07, 6.45) is 5.57. The molecular formula is C13H23NO3. The molecule has 4 nitrogen and oxygen atoms in total. The molecule has 0 spiro atoms. The van der Waals surface area contributed by atoms with Gasteiger partial charge in [-0.2, -0.15) is 0 Å². The van der Waals surface area contributed by atoms with E-state index in [-0.39, 0.29) is 5.91 Å². The summed E-state index contributed by atoms with van der Waals surface area (Å²) in [5.41, 5.74) is -0.734. The summed E-state index contributed by atoms with van der Waals surface area (Å²) < 4.78 is 5.23. The van der Waals surface area contributed by atoms with Crippen molar-refractivity contribution in [1.82, 2.24) is 4.90 Å². The summed E-state index contributed by atoms with van der Waals surface area (Å²) in [6, 6.07) is 0. The zero-order chi connectivity index (χ0) is 12.3. The molecular weight excluding hydrogens is 218 g/mol. The standard InChI is InChI=1S/C13H23NO3/c1-14(12(15)9-11-3-2-4-11)10-13(16)5-7-17-8-6-13/h11,16H,2-10H2,1H3. The zero-order valence-corrected chi connectivity index (χ0v) is 10.7. The van der Waals surface area contributed by atoms with Crippen LogP contribution >= 0.6 is 0 Å². The molecule has 2 fully saturated rings. The molecule has 0 aromatic carbocycles. The van der Waals surface area contributed by atoms with E-state index in [1.165, 1.54) is 19.3 Å². The van der Waals surface area contributed by atoms with Gasteiger partial charge in [0.25, 0.3) is 0 Å². The first-order valence-corrected chi connectivity index (χ1v) is 6.63. The number of likely N-dealkylation sites (N-methyl/N-ethyl adjacent to an activating group) is 1. The van der Waals surface area contributed by atoms with Crippen LogP contribution in [0, 0.1) is 5.92 Å². The van der Waals surface area contributed by atoms with Crippen LogP contribution in [0.1, 0.15) is 38.5 Å². The Morgan fingerprint density at radius 3 is 2.59 bits per heavy atom. The lowest BCUT2D eigenvalue weighted by Gasteiger charge is -2.36. The topological polar surface area (TPSA) is 49.8 Å². The monoisotopic (exact) mass is 241 g/mol. The second kappa shape index (κ2) is 5.36. The lowest BCUT2D eigenvalue weighted by molar-refractivity contribution is -0.138. The number of hydrogen-bond donors (Lipinski definition) is 1. The van der Waals surface area contributed by atoms with Crippen molar-refractivity contribution in [2.75, 3.05) is 26.8 Å². The van der Waals surface area contributed by atoms with E-state index in [0.717, 1.165) is 0 Å². The van der Waals surface area contributed by atoms with E-state index in [4.69, 9.17) is 4.74 Å². The smallest absolute Gasteiger partial charge is 0.222 e. The number of rotatable bonds is 4. The fourth-order valence-electron chi connectivity index (χ4n) is 2.54. The Bertz CT molecular complexity index is 270. The molecule has 1 N–H and O–H groups in total. The summed E-state index contributed by atoms with van der Waals surface area (Å²) in [4.78, 5) is 13.6. The van der Waals surface area contributed by atoms with Gasteiger partial charge in [-0.1, -0.05) is 6.42 Å². The van der Waals surface area contributed by atoms with Gasteiger partial charge in [-0.3, -0.25) is 4.79 Å². The molecule has 1 aliphatic carbocycles. The minimum Gasteiger partial charge on any atom is -0.388 e. The molecule has 1 saturated heterocycles. The van der Waals surface area contributed by atoms with Crippen LogP contribution in [0.4, 0.5) is 0 Å². The molecule has 0 bridgehead atoms. The molecule has 1 saturated carbocycles. The third-order valence-corrected chi connectivity index (χ3v) is 4.07. The van der Waals surface area contributed by atoms with E-state index in [0.29, 0.717) is 44.9 Å². The van der Waals surface area contributed by atoms with Crippen LogP contribution in [0.25, 0.3) is 0 Å². The van der Waals surface area contributed by atoms with Crippen LogP contribution in [-0.4, -0.2) is 48.3 Å². The van der Waals surface area contributed by atoms with Crippen molar-refractivity contribution in [3.63, 3.8) is 0 Å². The van der Waals surface area contributed by atoms with Crippen LogP contribution in [0.3, 0.4) is 0 Å². The number of carbonyl (C=O) groups is 1. The molecule has 1 aliphatic heterocycles. The van der Waals surface area contributed by atoms with Crippen molar-refractivity contribution in [1.29, 1.82) is 0 Å². The highest BCUT2D eigenvalue weighted by molar-refractivity contribution is 5.76. The van der Waals surface area contributed by atoms with Crippen molar-refractivity contribution >= 4 is 5.91 Å². The van der Waals surface area contributed by atoms with Gasteiger partial charge < -0.3 is 14.7 Å². The first-order chi connectivity index (χ1) is 8.09. The highest BCUT2D eigenvalue weighted by atomic mass is 16.5. The quantitative estimate of drug-likeness (QED) is 0.804. The molecule has 4 heteroatoms. The van der Waals surface area contributed by atoms with Crippen LogP contribution in [0.5, 0.6) is 0 Å². The largest absolute Gasteiger partial charge is 0.388 e. The van der Waals surface area contributed by atoms with Gasteiger partial charge in [0.2, 0.25) is 5.91 Å². The normalized spacial score (nSPS) is 24.1. The summed E-state index contributed by atoms with van der Waals surface area (Å²) >= 11 is 0. The van der Waals surface area contributed by atoms with Crippen LogP contribution in [0.15, 0.2) is 0 Å². The van der Waals surface area contributed by atoms with Gasteiger partial charge in [0.15, 0.2) is 0 Å².